The predicted octanol–water partition coefficient (Wildman–Crippen LogP) is 3.83. The number of nitrogens with one attached hydrogen (secondary N) is 1. The number of thiazole rings is 1. The number of nitro benzene ring substituents is 1. The number of piperidine rings is 1. The van der Waals surface area contributed by atoms with E-state index in [0.29, 0.717) is 46.8 Å². The van der Waals surface area contributed by atoms with E-state index in [1.807, 2.05) is 0 Å². The minimum Gasteiger partial charge on any atom is -0.339 e. The fraction of sp³-hybridized carbons (Fsp3) is 0.250. The zero-order valence-electron chi connectivity index (χ0n) is 15.7. The highest BCUT2D eigenvalue weighted by Gasteiger charge is 2.28. The lowest BCUT2D eigenvalue weighted by Crippen LogP contribution is -2.41. The summed E-state index contributed by atoms with van der Waals surface area (Å²) in [5.74, 6) is -1.02. The van der Waals surface area contributed by atoms with Crippen molar-refractivity contribution < 1.29 is 18.9 Å². The first-order chi connectivity index (χ1) is 14.4. The van der Waals surface area contributed by atoms with Crippen LogP contribution in [0.1, 0.15) is 23.2 Å². The minimum atomic E-state index is -0.474. The smallest absolute Gasteiger partial charge is 0.270 e. The third kappa shape index (κ3) is 4.13. The standard InChI is InChI=1S/C20H17FN4O4S/c21-14-3-1-13(2-4-14)19(27)24-9-7-12(8-10-24)18(26)23-20-22-16-6-5-15(25(28)29)11-17(16)30-20/h1-6,11-12H,7-10H2,(H,22,23,26). The Kier molecular flexibility index (Phi) is 5.40. The van der Waals surface area contributed by atoms with Crippen molar-refractivity contribution in [1.29, 1.82) is 0 Å². The number of likely N-dealkylation sites (tertiary alicyclic amines) is 1. The minimum absolute atomic E-state index is 0.0257. The van der Waals surface area contributed by atoms with Crippen LogP contribution in [0.4, 0.5) is 15.2 Å². The van der Waals surface area contributed by atoms with Gasteiger partial charge in [0.2, 0.25) is 5.91 Å². The second-order valence-electron chi connectivity index (χ2n) is 6.99. The summed E-state index contributed by atoms with van der Waals surface area (Å²) < 4.78 is 13.7. The number of carbonyl (C=O) groups excluding carboxylic acids is 2. The van der Waals surface area contributed by atoms with Gasteiger partial charge in [-0.15, -0.1) is 0 Å². The van der Waals surface area contributed by atoms with Crippen molar-refractivity contribution >= 4 is 44.2 Å². The molecule has 1 aliphatic rings. The normalized spacial score (nSPS) is 14.6. The van der Waals surface area contributed by atoms with Gasteiger partial charge in [-0.25, -0.2) is 9.37 Å². The lowest BCUT2D eigenvalue weighted by atomic mass is 9.95. The molecule has 2 aromatic carbocycles. The largest absolute Gasteiger partial charge is 0.339 e. The molecule has 0 spiro atoms. The topological polar surface area (TPSA) is 105 Å². The second kappa shape index (κ2) is 8.15. The number of rotatable bonds is 4. The van der Waals surface area contributed by atoms with Crippen LogP contribution in [0.15, 0.2) is 42.5 Å². The first-order valence-electron chi connectivity index (χ1n) is 9.31. The number of amides is 2. The maximum atomic E-state index is 13.0. The zero-order valence-corrected chi connectivity index (χ0v) is 16.5. The van der Waals surface area contributed by atoms with Crippen LogP contribution in [0, 0.1) is 21.8 Å². The lowest BCUT2D eigenvalue weighted by molar-refractivity contribution is -0.384. The van der Waals surface area contributed by atoms with Crippen molar-refractivity contribution in [2.45, 2.75) is 12.8 Å². The van der Waals surface area contributed by atoms with E-state index in [2.05, 4.69) is 10.3 Å². The molecular weight excluding hydrogens is 411 g/mol. The number of fused-ring (bicyclic) bond motifs is 1. The van der Waals surface area contributed by atoms with Gasteiger partial charge in [0, 0.05) is 36.7 Å². The Balaban J connectivity index is 1.36. The molecule has 1 aromatic heterocycles. The SMILES string of the molecule is O=C(Nc1nc2ccc([N+](=O)[O-])cc2s1)C1CCN(C(=O)c2ccc(F)cc2)CC1. The van der Waals surface area contributed by atoms with Crippen LogP contribution >= 0.6 is 11.3 Å². The van der Waals surface area contributed by atoms with Crippen LogP contribution in [0.2, 0.25) is 0 Å². The van der Waals surface area contributed by atoms with Crippen molar-refractivity contribution in [3.8, 4) is 0 Å². The molecule has 0 atom stereocenters. The molecule has 0 aliphatic carbocycles. The summed E-state index contributed by atoms with van der Waals surface area (Å²) in [5.41, 5.74) is 0.978. The number of nitrogens with zero attached hydrogens (tertiary/aromatic N) is 3. The highest BCUT2D eigenvalue weighted by molar-refractivity contribution is 7.22. The van der Waals surface area contributed by atoms with Gasteiger partial charge in [-0.3, -0.25) is 19.7 Å². The maximum Gasteiger partial charge on any atom is 0.270 e. The molecular formula is C20H17FN4O4S. The quantitative estimate of drug-likeness (QED) is 0.502. The highest BCUT2D eigenvalue weighted by Crippen LogP contribution is 2.30. The molecule has 154 valence electrons. The molecule has 0 radical (unpaired) electrons. The van der Waals surface area contributed by atoms with Crippen LogP contribution in [0.25, 0.3) is 10.2 Å². The van der Waals surface area contributed by atoms with E-state index < -0.39 is 10.7 Å². The Morgan fingerprint density at radius 2 is 1.87 bits per heavy atom. The van der Waals surface area contributed by atoms with Gasteiger partial charge < -0.3 is 10.2 Å². The van der Waals surface area contributed by atoms with E-state index in [-0.39, 0.29) is 23.4 Å². The molecule has 0 unspecified atom stereocenters. The van der Waals surface area contributed by atoms with Crippen LogP contribution < -0.4 is 5.32 Å². The molecule has 4 rings (SSSR count). The number of non-ortho nitro benzene ring substituents is 1. The molecule has 1 fully saturated rings. The Morgan fingerprint density at radius 1 is 1.17 bits per heavy atom. The second-order valence-corrected chi connectivity index (χ2v) is 8.02. The summed E-state index contributed by atoms with van der Waals surface area (Å²) in [4.78, 5) is 41.5. The van der Waals surface area contributed by atoms with E-state index in [1.54, 1.807) is 11.0 Å². The molecule has 10 heteroatoms. The lowest BCUT2D eigenvalue weighted by Gasteiger charge is -2.31. The molecule has 1 saturated heterocycles. The number of halogens is 1. The molecule has 0 saturated carbocycles. The number of nitro groups is 1. The van der Waals surface area contributed by atoms with Gasteiger partial charge in [0.15, 0.2) is 5.13 Å². The summed E-state index contributed by atoms with van der Waals surface area (Å²) in [6, 6.07) is 9.77. The molecule has 1 aliphatic heterocycles. The molecule has 2 heterocycles. The van der Waals surface area contributed by atoms with Gasteiger partial charge in [0.05, 0.1) is 15.1 Å². The van der Waals surface area contributed by atoms with Crippen LogP contribution in [-0.4, -0.2) is 39.7 Å². The molecule has 0 bridgehead atoms. The van der Waals surface area contributed by atoms with E-state index in [9.17, 15) is 24.1 Å². The van der Waals surface area contributed by atoms with Crippen LogP contribution in [0.5, 0.6) is 0 Å². The van der Waals surface area contributed by atoms with E-state index >= 15 is 0 Å². The summed E-state index contributed by atoms with van der Waals surface area (Å²) in [7, 11) is 0. The third-order valence-electron chi connectivity index (χ3n) is 5.06. The predicted molar refractivity (Wildman–Crippen MR) is 110 cm³/mol. The monoisotopic (exact) mass is 428 g/mol. The molecule has 2 amide bonds. The summed E-state index contributed by atoms with van der Waals surface area (Å²) in [6.07, 6.45) is 1.02. The number of benzene rings is 2. The van der Waals surface area contributed by atoms with Crippen molar-refractivity contribution in [3.05, 3.63) is 64.0 Å². The van der Waals surface area contributed by atoms with Crippen molar-refractivity contribution in [1.82, 2.24) is 9.88 Å². The van der Waals surface area contributed by atoms with Gasteiger partial charge in [-0.05, 0) is 43.2 Å². The van der Waals surface area contributed by atoms with E-state index in [4.69, 9.17) is 0 Å². The number of aromatic nitrogens is 1. The number of carbonyl (C=O) groups is 2. The summed E-state index contributed by atoms with van der Waals surface area (Å²) in [5, 5.41) is 14.1. The van der Waals surface area contributed by atoms with Crippen molar-refractivity contribution in [2.24, 2.45) is 5.92 Å². The average molecular weight is 428 g/mol. The molecule has 8 nitrogen and oxygen atoms in total. The van der Waals surface area contributed by atoms with Gasteiger partial charge >= 0.3 is 0 Å². The first kappa shape index (κ1) is 19.9. The average Bonchev–Trinajstić information content (AvgIpc) is 3.15. The van der Waals surface area contributed by atoms with Gasteiger partial charge in [0.1, 0.15) is 5.82 Å². The van der Waals surface area contributed by atoms with Gasteiger partial charge in [-0.2, -0.15) is 0 Å². The van der Waals surface area contributed by atoms with E-state index in [1.165, 1.54) is 47.7 Å². The Hall–Kier alpha value is -3.40. The molecule has 1 N–H and O–H groups in total. The first-order valence-corrected chi connectivity index (χ1v) is 10.1. The Morgan fingerprint density at radius 3 is 2.53 bits per heavy atom. The third-order valence-corrected chi connectivity index (χ3v) is 5.99. The fourth-order valence-corrected chi connectivity index (χ4v) is 4.31. The maximum absolute atomic E-state index is 13.0. The molecule has 3 aromatic rings. The van der Waals surface area contributed by atoms with Crippen LogP contribution in [-0.2, 0) is 4.79 Å². The van der Waals surface area contributed by atoms with Crippen molar-refractivity contribution in [3.63, 3.8) is 0 Å². The number of anilines is 1. The fourth-order valence-electron chi connectivity index (χ4n) is 3.41. The van der Waals surface area contributed by atoms with Crippen LogP contribution in [0.3, 0.4) is 0 Å². The number of hydrogen-bond donors (Lipinski definition) is 1. The Labute approximate surface area is 174 Å². The van der Waals surface area contributed by atoms with Crippen molar-refractivity contribution in [2.75, 3.05) is 18.4 Å². The number of hydrogen-bond acceptors (Lipinski definition) is 6. The van der Waals surface area contributed by atoms with E-state index in [0.717, 1.165) is 0 Å². The Bertz CT molecular complexity index is 1120. The zero-order chi connectivity index (χ0) is 21.3. The van der Waals surface area contributed by atoms with Gasteiger partial charge in [0.25, 0.3) is 11.6 Å². The van der Waals surface area contributed by atoms with Gasteiger partial charge in [-0.1, -0.05) is 11.3 Å². The molecule has 30 heavy (non-hydrogen) atoms. The summed E-state index contributed by atoms with van der Waals surface area (Å²) >= 11 is 1.18. The summed E-state index contributed by atoms with van der Waals surface area (Å²) in [6.45, 7) is 0.862. The highest BCUT2D eigenvalue weighted by atomic mass is 32.1.